The Morgan fingerprint density at radius 2 is 2.36 bits per heavy atom. The Morgan fingerprint density at radius 3 is 3.00 bits per heavy atom. The maximum absolute atomic E-state index is 10.8. The number of aryl methyl sites for hydroxylation is 1. The summed E-state index contributed by atoms with van der Waals surface area (Å²) in [5, 5.41) is 0. The molecule has 0 saturated carbocycles. The minimum absolute atomic E-state index is 0.205. The summed E-state index contributed by atoms with van der Waals surface area (Å²) in [4.78, 5) is 21.5. The van der Waals surface area contributed by atoms with Crippen molar-refractivity contribution in [1.82, 2.24) is 19.5 Å². The summed E-state index contributed by atoms with van der Waals surface area (Å²) in [5.74, 6) is 0.767. The van der Waals surface area contributed by atoms with E-state index in [9.17, 15) is 4.79 Å². The fourth-order valence-corrected chi connectivity index (χ4v) is 1.26. The molecule has 2 aromatic rings. The lowest BCUT2D eigenvalue weighted by Gasteiger charge is -2.02. The van der Waals surface area contributed by atoms with Crippen LogP contribution in [0.5, 0.6) is 0 Å². The van der Waals surface area contributed by atoms with Crippen LogP contribution in [0.3, 0.4) is 0 Å². The van der Waals surface area contributed by atoms with Crippen LogP contribution in [0.25, 0.3) is 11.5 Å². The second-order valence-corrected chi connectivity index (χ2v) is 2.83. The standard InChI is InChI=1S/C9H10N4O/c1-2-13-4-3-10-9(13)7-5-12-8(14)6-11-7/h3-6H,2H2,1H3,(H,12,14). The van der Waals surface area contributed by atoms with Gasteiger partial charge in [0.15, 0.2) is 5.82 Å². The molecule has 0 aromatic carbocycles. The van der Waals surface area contributed by atoms with E-state index >= 15 is 0 Å². The monoisotopic (exact) mass is 190 g/mol. The largest absolute Gasteiger partial charge is 0.330 e. The molecule has 5 nitrogen and oxygen atoms in total. The van der Waals surface area contributed by atoms with Crippen LogP contribution >= 0.6 is 0 Å². The average molecular weight is 190 g/mol. The number of aromatic amines is 1. The Hall–Kier alpha value is -1.91. The molecular formula is C9H10N4O. The van der Waals surface area contributed by atoms with Crippen LogP contribution in [-0.2, 0) is 6.54 Å². The molecule has 0 amide bonds. The lowest BCUT2D eigenvalue weighted by atomic mass is 10.4. The third-order valence-corrected chi connectivity index (χ3v) is 1.96. The number of hydrogen-bond acceptors (Lipinski definition) is 3. The molecule has 0 aliphatic rings. The molecule has 14 heavy (non-hydrogen) atoms. The number of nitrogens with zero attached hydrogens (tertiary/aromatic N) is 3. The van der Waals surface area contributed by atoms with Crippen molar-refractivity contribution < 1.29 is 0 Å². The van der Waals surface area contributed by atoms with Crippen LogP contribution < -0.4 is 5.56 Å². The molecule has 2 heterocycles. The van der Waals surface area contributed by atoms with Crippen molar-refractivity contribution in [3.8, 4) is 11.5 Å². The zero-order chi connectivity index (χ0) is 9.97. The Labute approximate surface area is 80.5 Å². The van der Waals surface area contributed by atoms with Crippen molar-refractivity contribution in [1.29, 1.82) is 0 Å². The lowest BCUT2D eigenvalue weighted by Crippen LogP contribution is -2.06. The molecule has 0 unspecified atom stereocenters. The Balaban J connectivity index is 2.49. The third kappa shape index (κ3) is 1.44. The van der Waals surface area contributed by atoms with Crippen molar-refractivity contribution in [3.63, 3.8) is 0 Å². The van der Waals surface area contributed by atoms with Crippen LogP contribution in [0.2, 0.25) is 0 Å². The van der Waals surface area contributed by atoms with Gasteiger partial charge in [-0.3, -0.25) is 4.79 Å². The summed E-state index contributed by atoms with van der Waals surface area (Å²) in [6.07, 6.45) is 6.41. The highest BCUT2D eigenvalue weighted by molar-refractivity contribution is 5.47. The van der Waals surface area contributed by atoms with Crippen molar-refractivity contribution >= 4 is 0 Å². The van der Waals surface area contributed by atoms with Gasteiger partial charge in [-0.2, -0.15) is 0 Å². The highest BCUT2D eigenvalue weighted by Crippen LogP contribution is 2.11. The van der Waals surface area contributed by atoms with E-state index in [-0.39, 0.29) is 5.56 Å². The molecule has 0 fully saturated rings. The highest BCUT2D eigenvalue weighted by atomic mass is 16.1. The van der Waals surface area contributed by atoms with E-state index < -0.39 is 0 Å². The first-order valence-corrected chi connectivity index (χ1v) is 4.37. The van der Waals surface area contributed by atoms with E-state index in [0.717, 1.165) is 12.4 Å². The lowest BCUT2D eigenvalue weighted by molar-refractivity contribution is 0.767. The van der Waals surface area contributed by atoms with Gasteiger partial charge < -0.3 is 9.55 Å². The third-order valence-electron chi connectivity index (χ3n) is 1.96. The molecule has 0 bridgehead atoms. The summed E-state index contributed by atoms with van der Waals surface area (Å²) in [7, 11) is 0. The zero-order valence-corrected chi connectivity index (χ0v) is 7.77. The second-order valence-electron chi connectivity index (χ2n) is 2.83. The van der Waals surface area contributed by atoms with Crippen molar-refractivity contribution in [2.75, 3.05) is 0 Å². The average Bonchev–Trinajstić information content (AvgIpc) is 2.67. The van der Waals surface area contributed by atoms with Gasteiger partial charge >= 0.3 is 0 Å². The van der Waals surface area contributed by atoms with E-state index in [0.29, 0.717) is 5.69 Å². The molecule has 72 valence electrons. The Morgan fingerprint density at radius 1 is 1.50 bits per heavy atom. The highest BCUT2D eigenvalue weighted by Gasteiger charge is 2.04. The zero-order valence-electron chi connectivity index (χ0n) is 7.77. The maximum Gasteiger partial charge on any atom is 0.266 e. The van der Waals surface area contributed by atoms with Crippen LogP contribution in [0.4, 0.5) is 0 Å². The molecule has 0 spiro atoms. The number of imidazole rings is 1. The van der Waals surface area contributed by atoms with E-state index in [1.165, 1.54) is 6.20 Å². The van der Waals surface area contributed by atoms with Gasteiger partial charge in [-0.25, -0.2) is 9.97 Å². The number of nitrogens with one attached hydrogen (secondary N) is 1. The summed E-state index contributed by atoms with van der Waals surface area (Å²) in [5.41, 5.74) is 0.472. The minimum atomic E-state index is -0.205. The Bertz CT molecular complexity index is 465. The summed E-state index contributed by atoms with van der Waals surface area (Å²) in [6.45, 7) is 2.85. The van der Waals surface area contributed by atoms with Gasteiger partial charge in [0.1, 0.15) is 5.69 Å². The van der Waals surface area contributed by atoms with Gasteiger partial charge in [0.25, 0.3) is 5.56 Å². The van der Waals surface area contributed by atoms with Gasteiger partial charge in [-0.1, -0.05) is 0 Å². The molecule has 0 saturated heterocycles. The topological polar surface area (TPSA) is 63.6 Å². The summed E-state index contributed by atoms with van der Waals surface area (Å²) < 4.78 is 1.96. The van der Waals surface area contributed by atoms with E-state index in [2.05, 4.69) is 15.0 Å². The SMILES string of the molecule is CCn1ccnc1-c1c[nH]c(=O)cn1. The molecule has 0 atom stereocenters. The number of H-pyrrole nitrogens is 1. The molecule has 0 aliphatic carbocycles. The predicted molar refractivity (Wildman–Crippen MR) is 51.8 cm³/mol. The predicted octanol–water partition coefficient (Wildman–Crippen LogP) is 0.653. The molecular weight excluding hydrogens is 180 g/mol. The van der Waals surface area contributed by atoms with Crippen molar-refractivity contribution in [2.24, 2.45) is 0 Å². The molecule has 0 aliphatic heterocycles. The van der Waals surface area contributed by atoms with E-state index in [4.69, 9.17) is 0 Å². The molecule has 0 radical (unpaired) electrons. The van der Waals surface area contributed by atoms with E-state index in [1.54, 1.807) is 12.4 Å². The van der Waals surface area contributed by atoms with Gasteiger partial charge in [0.05, 0.1) is 6.20 Å². The molecule has 2 aromatic heterocycles. The van der Waals surface area contributed by atoms with E-state index in [1.807, 2.05) is 17.7 Å². The fraction of sp³-hybridized carbons (Fsp3) is 0.222. The second kappa shape index (κ2) is 3.45. The van der Waals surface area contributed by atoms with Gasteiger partial charge in [0, 0.05) is 25.1 Å². The van der Waals surface area contributed by atoms with Gasteiger partial charge in [-0.05, 0) is 6.92 Å². The number of rotatable bonds is 2. The quantitative estimate of drug-likeness (QED) is 0.756. The summed E-state index contributed by atoms with van der Waals surface area (Å²) in [6, 6.07) is 0. The number of aromatic nitrogens is 4. The van der Waals surface area contributed by atoms with Crippen LogP contribution in [0.1, 0.15) is 6.92 Å². The van der Waals surface area contributed by atoms with Gasteiger partial charge in [0.2, 0.25) is 0 Å². The first kappa shape index (κ1) is 8.68. The smallest absolute Gasteiger partial charge is 0.266 e. The van der Waals surface area contributed by atoms with Crippen molar-refractivity contribution in [2.45, 2.75) is 13.5 Å². The number of hydrogen-bond donors (Lipinski definition) is 1. The van der Waals surface area contributed by atoms with Crippen LogP contribution in [-0.4, -0.2) is 19.5 Å². The minimum Gasteiger partial charge on any atom is -0.330 e. The molecule has 1 N–H and O–H groups in total. The normalized spacial score (nSPS) is 10.4. The Kier molecular flexibility index (Phi) is 2.14. The van der Waals surface area contributed by atoms with Crippen LogP contribution in [0, 0.1) is 0 Å². The van der Waals surface area contributed by atoms with Crippen molar-refractivity contribution in [3.05, 3.63) is 35.1 Å². The first-order chi connectivity index (χ1) is 6.81. The van der Waals surface area contributed by atoms with Gasteiger partial charge in [-0.15, -0.1) is 0 Å². The van der Waals surface area contributed by atoms with Crippen LogP contribution in [0.15, 0.2) is 29.6 Å². The maximum atomic E-state index is 10.8. The first-order valence-electron chi connectivity index (χ1n) is 4.37. The fourth-order valence-electron chi connectivity index (χ4n) is 1.26. The summed E-state index contributed by atoms with van der Waals surface area (Å²) >= 11 is 0. The molecule has 5 heteroatoms. The molecule has 2 rings (SSSR count).